The van der Waals surface area contributed by atoms with Gasteiger partial charge in [-0.3, -0.25) is 9.48 Å². The lowest BCUT2D eigenvalue weighted by Gasteiger charge is -2.19. The number of hydrogen-bond donors (Lipinski definition) is 2. The Balaban J connectivity index is 2.05. The summed E-state index contributed by atoms with van der Waals surface area (Å²) in [7, 11) is 1.91. The molecule has 1 aromatic heterocycles. The third kappa shape index (κ3) is 4.42. The first-order valence-corrected chi connectivity index (χ1v) is 7.82. The van der Waals surface area contributed by atoms with E-state index in [0.29, 0.717) is 19.5 Å². The first-order chi connectivity index (χ1) is 10.8. The van der Waals surface area contributed by atoms with E-state index in [4.69, 9.17) is 5.11 Å². The fraction of sp³-hybridized carbons (Fsp3) is 0.444. The molecule has 0 aliphatic heterocycles. The molecule has 2 rings (SSSR count). The number of aromatic nitrogens is 2. The maximum atomic E-state index is 11.1. The van der Waals surface area contributed by atoms with Gasteiger partial charge >= 0.3 is 5.97 Å². The highest BCUT2D eigenvalue weighted by molar-refractivity contribution is 5.73. The van der Waals surface area contributed by atoms with Crippen LogP contribution in [-0.2, 0) is 18.4 Å². The van der Waals surface area contributed by atoms with Crippen molar-refractivity contribution in [2.45, 2.75) is 33.7 Å². The zero-order valence-corrected chi connectivity index (χ0v) is 14.3. The summed E-state index contributed by atoms with van der Waals surface area (Å²) in [4.78, 5) is 11.1. The fourth-order valence-electron chi connectivity index (χ4n) is 2.40. The van der Waals surface area contributed by atoms with Crippen molar-refractivity contribution in [3.63, 3.8) is 0 Å². The van der Waals surface area contributed by atoms with Crippen LogP contribution in [-0.4, -0.2) is 27.4 Å². The van der Waals surface area contributed by atoms with Crippen LogP contribution >= 0.6 is 0 Å². The van der Waals surface area contributed by atoms with Crippen LogP contribution in [0.1, 0.15) is 31.4 Å². The first-order valence-electron chi connectivity index (χ1n) is 7.82. The second-order valence-corrected chi connectivity index (χ2v) is 6.68. The van der Waals surface area contributed by atoms with E-state index in [2.05, 4.69) is 35.5 Å². The van der Waals surface area contributed by atoms with Gasteiger partial charge in [0.05, 0.1) is 11.6 Å². The van der Waals surface area contributed by atoms with Crippen LogP contribution in [0.5, 0.6) is 0 Å². The highest BCUT2D eigenvalue weighted by Crippen LogP contribution is 2.25. The Morgan fingerprint density at radius 3 is 2.74 bits per heavy atom. The number of carboxylic acids is 1. The van der Waals surface area contributed by atoms with E-state index < -0.39 is 11.4 Å². The summed E-state index contributed by atoms with van der Waals surface area (Å²) in [6, 6.07) is 6.38. The maximum absolute atomic E-state index is 11.1. The summed E-state index contributed by atoms with van der Waals surface area (Å²) in [6.45, 7) is 6.96. The summed E-state index contributed by atoms with van der Waals surface area (Å²) in [5.41, 5.74) is 3.96. The Morgan fingerprint density at radius 1 is 1.39 bits per heavy atom. The smallest absolute Gasteiger partial charge is 0.309 e. The number of hydrogen-bond acceptors (Lipinski definition) is 3. The van der Waals surface area contributed by atoms with E-state index in [1.807, 2.05) is 19.4 Å². The number of aryl methyl sites for hydroxylation is 2. The van der Waals surface area contributed by atoms with Crippen molar-refractivity contribution in [1.29, 1.82) is 0 Å². The zero-order chi connectivity index (χ0) is 17.0. The van der Waals surface area contributed by atoms with Crippen LogP contribution in [0.3, 0.4) is 0 Å². The molecule has 0 unspecified atom stereocenters. The third-order valence-corrected chi connectivity index (χ3v) is 4.10. The molecule has 23 heavy (non-hydrogen) atoms. The van der Waals surface area contributed by atoms with Crippen molar-refractivity contribution in [1.82, 2.24) is 15.1 Å². The molecule has 0 aliphatic carbocycles. The minimum atomic E-state index is -0.759. The van der Waals surface area contributed by atoms with Crippen molar-refractivity contribution in [2.75, 3.05) is 6.54 Å². The topological polar surface area (TPSA) is 67.2 Å². The molecule has 0 aliphatic rings. The maximum Gasteiger partial charge on any atom is 0.309 e. The second kappa shape index (κ2) is 6.96. The average molecular weight is 315 g/mol. The number of carbonyl (C=O) groups is 1. The van der Waals surface area contributed by atoms with Crippen LogP contribution < -0.4 is 5.32 Å². The minimum absolute atomic E-state index is 0.594. The molecule has 0 bridgehead atoms. The molecule has 0 radical (unpaired) electrons. The van der Waals surface area contributed by atoms with Crippen LogP contribution in [0.25, 0.3) is 11.1 Å². The molecule has 1 aromatic carbocycles. The van der Waals surface area contributed by atoms with E-state index in [9.17, 15) is 4.79 Å². The van der Waals surface area contributed by atoms with Gasteiger partial charge in [-0.25, -0.2) is 0 Å². The molecule has 0 fully saturated rings. The van der Waals surface area contributed by atoms with Crippen molar-refractivity contribution < 1.29 is 9.90 Å². The lowest BCUT2D eigenvalue weighted by molar-refractivity contribution is -0.147. The summed E-state index contributed by atoms with van der Waals surface area (Å²) in [5.74, 6) is -0.759. The molecule has 0 atom stereocenters. The molecule has 124 valence electrons. The second-order valence-electron chi connectivity index (χ2n) is 6.68. The largest absolute Gasteiger partial charge is 0.481 e. The molecular weight excluding hydrogens is 290 g/mol. The van der Waals surface area contributed by atoms with Crippen molar-refractivity contribution in [3.8, 4) is 11.1 Å². The number of nitrogens with zero attached hydrogens (tertiary/aromatic N) is 2. The molecule has 2 N–H and O–H groups in total. The van der Waals surface area contributed by atoms with E-state index in [1.165, 1.54) is 16.7 Å². The lowest BCUT2D eigenvalue weighted by atomic mass is 9.89. The number of nitrogens with one attached hydrogen (secondary N) is 1. The van der Waals surface area contributed by atoms with Crippen LogP contribution in [0.15, 0.2) is 30.6 Å². The van der Waals surface area contributed by atoms with Crippen LogP contribution in [0.4, 0.5) is 0 Å². The first kappa shape index (κ1) is 17.2. The highest BCUT2D eigenvalue weighted by Gasteiger charge is 2.26. The Morgan fingerprint density at radius 2 is 2.13 bits per heavy atom. The van der Waals surface area contributed by atoms with Gasteiger partial charge < -0.3 is 10.4 Å². The van der Waals surface area contributed by atoms with E-state index in [-0.39, 0.29) is 0 Å². The predicted molar refractivity (Wildman–Crippen MR) is 91.1 cm³/mol. The van der Waals surface area contributed by atoms with E-state index in [1.54, 1.807) is 18.5 Å². The molecule has 5 heteroatoms. The number of rotatable bonds is 7. The predicted octanol–water partition coefficient (Wildman–Crippen LogP) is 2.99. The van der Waals surface area contributed by atoms with Gasteiger partial charge in [0.2, 0.25) is 0 Å². The van der Waals surface area contributed by atoms with Crippen molar-refractivity contribution in [2.24, 2.45) is 12.5 Å². The van der Waals surface area contributed by atoms with Gasteiger partial charge in [0, 0.05) is 25.4 Å². The molecule has 0 spiro atoms. The minimum Gasteiger partial charge on any atom is -0.481 e. The van der Waals surface area contributed by atoms with Crippen LogP contribution in [0, 0.1) is 12.3 Å². The summed E-state index contributed by atoms with van der Waals surface area (Å²) in [5, 5.41) is 16.7. The Bertz CT molecular complexity index is 689. The number of benzene rings is 1. The van der Waals surface area contributed by atoms with Crippen molar-refractivity contribution >= 4 is 5.97 Å². The van der Waals surface area contributed by atoms with Gasteiger partial charge in [0.25, 0.3) is 0 Å². The third-order valence-electron chi connectivity index (χ3n) is 4.10. The van der Waals surface area contributed by atoms with Gasteiger partial charge in [0.1, 0.15) is 0 Å². The standard InChI is InChI=1S/C18H25N3O2/c1-13-5-6-14(10-19-8-7-18(2,3)17(22)23)16(9-13)15-11-20-21(4)12-15/h5-6,9,11-12,19H,7-8,10H2,1-4H3,(H,22,23). The number of carboxylic acid groups (broad SMARTS) is 1. The van der Waals surface area contributed by atoms with Gasteiger partial charge in [-0.2, -0.15) is 5.10 Å². The Kier molecular flexibility index (Phi) is 5.21. The summed E-state index contributed by atoms with van der Waals surface area (Å²) < 4.78 is 1.80. The Hall–Kier alpha value is -2.14. The quantitative estimate of drug-likeness (QED) is 0.771. The van der Waals surface area contributed by atoms with Gasteiger partial charge in [-0.05, 0) is 44.9 Å². The average Bonchev–Trinajstić information content (AvgIpc) is 2.91. The SMILES string of the molecule is Cc1ccc(CNCCC(C)(C)C(=O)O)c(-c2cnn(C)c2)c1. The van der Waals surface area contributed by atoms with Gasteiger partial charge in [0.15, 0.2) is 0 Å². The van der Waals surface area contributed by atoms with E-state index in [0.717, 1.165) is 5.56 Å². The lowest BCUT2D eigenvalue weighted by Crippen LogP contribution is -2.28. The highest BCUT2D eigenvalue weighted by atomic mass is 16.4. The molecule has 0 saturated heterocycles. The molecule has 2 aromatic rings. The van der Waals surface area contributed by atoms with Gasteiger partial charge in [-0.1, -0.05) is 23.8 Å². The molecule has 5 nitrogen and oxygen atoms in total. The molecule has 0 amide bonds. The molecule has 0 saturated carbocycles. The zero-order valence-electron chi connectivity index (χ0n) is 14.3. The Labute approximate surface area is 137 Å². The fourth-order valence-corrected chi connectivity index (χ4v) is 2.40. The summed E-state index contributed by atoms with van der Waals surface area (Å²) in [6.07, 6.45) is 4.47. The number of aliphatic carboxylic acids is 1. The normalized spacial score (nSPS) is 11.7. The van der Waals surface area contributed by atoms with Crippen LogP contribution in [0.2, 0.25) is 0 Å². The van der Waals surface area contributed by atoms with Gasteiger partial charge in [-0.15, -0.1) is 0 Å². The molecule has 1 heterocycles. The monoisotopic (exact) mass is 315 g/mol. The summed E-state index contributed by atoms with van der Waals surface area (Å²) >= 11 is 0. The van der Waals surface area contributed by atoms with E-state index >= 15 is 0 Å². The van der Waals surface area contributed by atoms with Crippen molar-refractivity contribution in [3.05, 3.63) is 41.7 Å². The molecular formula is C18H25N3O2.